The number of methoxy groups -OCH3 is 1. The van der Waals surface area contributed by atoms with E-state index in [9.17, 15) is 19.1 Å². The lowest BCUT2D eigenvalue weighted by Gasteiger charge is -2.33. The lowest BCUT2D eigenvalue weighted by molar-refractivity contribution is 0.0685. The molecule has 3 aromatic rings. The van der Waals surface area contributed by atoms with Gasteiger partial charge in [-0.2, -0.15) is 0 Å². The van der Waals surface area contributed by atoms with Gasteiger partial charge in [-0.1, -0.05) is 18.9 Å². The van der Waals surface area contributed by atoms with E-state index in [0.29, 0.717) is 42.2 Å². The summed E-state index contributed by atoms with van der Waals surface area (Å²) < 4.78 is 22.4. The maximum absolute atomic E-state index is 13.9. The number of hydrogen-bond acceptors (Lipinski definition) is 7. The van der Waals surface area contributed by atoms with Crippen LogP contribution in [0.25, 0.3) is 10.9 Å². The van der Waals surface area contributed by atoms with Gasteiger partial charge in [0.1, 0.15) is 22.5 Å². The Morgan fingerprint density at radius 2 is 1.95 bits per heavy atom. The molecule has 1 amide bonds. The summed E-state index contributed by atoms with van der Waals surface area (Å²) in [5.74, 6) is -0.352. The highest BCUT2D eigenvalue weighted by atomic mass is 19.1. The van der Waals surface area contributed by atoms with Gasteiger partial charge >= 0.3 is 0 Å². The Morgan fingerprint density at radius 1 is 1.21 bits per heavy atom. The van der Waals surface area contributed by atoms with Crippen LogP contribution in [-0.2, 0) is 6.54 Å². The summed E-state index contributed by atoms with van der Waals surface area (Å²) in [7, 11) is 3.33. The van der Waals surface area contributed by atoms with Gasteiger partial charge in [0.05, 0.1) is 13.7 Å². The molecule has 1 unspecified atom stereocenters. The average molecular weight is 530 g/mol. The molecule has 0 saturated carbocycles. The van der Waals surface area contributed by atoms with Crippen LogP contribution in [0.1, 0.15) is 61.6 Å². The van der Waals surface area contributed by atoms with E-state index in [2.05, 4.69) is 0 Å². The molecule has 0 spiro atoms. The van der Waals surface area contributed by atoms with Crippen molar-refractivity contribution in [2.45, 2.75) is 52.1 Å². The summed E-state index contributed by atoms with van der Waals surface area (Å²) in [5.41, 5.74) is 0.728. The first-order valence-electron chi connectivity index (χ1n) is 13.0. The van der Waals surface area contributed by atoms with Crippen molar-refractivity contribution in [2.75, 3.05) is 45.3 Å². The molecule has 0 aliphatic carbocycles. The topological polar surface area (TPSA) is 113 Å². The molecule has 0 saturated heterocycles. The molecule has 10 nitrogen and oxygen atoms in total. The van der Waals surface area contributed by atoms with Crippen LogP contribution < -0.4 is 15.2 Å². The van der Waals surface area contributed by atoms with Crippen LogP contribution in [0.15, 0.2) is 23.0 Å². The van der Waals surface area contributed by atoms with Crippen LogP contribution in [0, 0.1) is 5.82 Å². The number of halogens is 1. The number of unbranched alkanes of at least 4 members (excludes halogenated alkanes) is 3. The maximum atomic E-state index is 13.9. The number of benzene rings is 1. The summed E-state index contributed by atoms with van der Waals surface area (Å²) in [6.45, 7) is 5.64. The Kier molecular flexibility index (Phi) is 8.25. The first-order valence-corrected chi connectivity index (χ1v) is 13.0. The van der Waals surface area contributed by atoms with Crippen molar-refractivity contribution in [3.8, 4) is 11.5 Å². The zero-order valence-electron chi connectivity index (χ0n) is 22.4. The van der Waals surface area contributed by atoms with Gasteiger partial charge in [-0.25, -0.2) is 9.07 Å². The first-order chi connectivity index (χ1) is 18.2. The SMILES string of the molecule is CCN1CC(C)n2c(c(OC)c3c(=O)n(Cc4ccc(F)cc4O)nc(N(C)CCCCCCO)c32)C1=O. The van der Waals surface area contributed by atoms with Gasteiger partial charge in [0.15, 0.2) is 17.3 Å². The highest BCUT2D eigenvalue weighted by Gasteiger charge is 2.37. The Balaban J connectivity index is 1.92. The first kappa shape index (κ1) is 27.4. The third-order valence-corrected chi connectivity index (χ3v) is 7.17. The Bertz CT molecular complexity index is 1380. The van der Waals surface area contributed by atoms with Gasteiger partial charge < -0.3 is 29.3 Å². The predicted molar refractivity (Wildman–Crippen MR) is 143 cm³/mol. The molecule has 0 fully saturated rings. The Hall–Kier alpha value is -3.60. The fourth-order valence-corrected chi connectivity index (χ4v) is 5.18. The molecule has 2 N–H and O–H groups in total. The summed E-state index contributed by atoms with van der Waals surface area (Å²) in [4.78, 5) is 31.0. The number of carbonyl (C=O) groups is 1. The number of ether oxygens (including phenoxy) is 1. The number of hydrogen-bond donors (Lipinski definition) is 2. The summed E-state index contributed by atoms with van der Waals surface area (Å²) in [6, 6.07) is 3.51. The van der Waals surface area contributed by atoms with E-state index >= 15 is 0 Å². The monoisotopic (exact) mass is 529 g/mol. The van der Waals surface area contributed by atoms with E-state index in [1.807, 2.05) is 30.4 Å². The van der Waals surface area contributed by atoms with Crippen LogP contribution in [-0.4, -0.2) is 75.8 Å². The number of anilines is 1. The number of aliphatic hydroxyl groups excluding tert-OH is 1. The van der Waals surface area contributed by atoms with E-state index in [1.54, 1.807) is 4.90 Å². The molecular formula is C27H36FN5O5. The molecule has 4 rings (SSSR count). The minimum Gasteiger partial charge on any atom is -0.507 e. The van der Waals surface area contributed by atoms with Crippen molar-refractivity contribution in [2.24, 2.45) is 0 Å². The number of nitrogens with zero attached hydrogens (tertiary/aromatic N) is 5. The van der Waals surface area contributed by atoms with E-state index in [4.69, 9.17) is 14.9 Å². The zero-order chi connectivity index (χ0) is 27.6. The Morgan fingerprint density at radius 3 is 2.61 bits per heavy atom. The van der Waals surface area contributed by atoms with Gasteiger partial charge in [0.2, 0.25) is 0 Å². The maximum Gasteiger partial charge on any atom is 0.280 e. The van der Waals surface area contributed by atoms with E-state index < -0.39 is 11.4 Å². The van der Waals surface area contributed by atoms with Gasteiger partial charge in [0, 0.05) is 51.0 Å². The van der Waals surface area contributed by atoms with E-state index in [-0.39, 0.29) is 42.0 Å². The van der Waals surface area contributed by atoms with Crippen molar-refractivity contribution < 1.29 is 24.1 Å². The van der Waals surface area contributed by atoms with Crippen molar-refractivity contribution in [1.82, 2.24) is 19.2 Å². The standard InChI is InChI=1S/C27H36FN5O5/c1-5-31-15-17(2)33-22-21(24(38-4)23(33)27(31)37)26(36)32(16-18-10-11-19(28)14-20(18)35)29-25(22)30(3)12-8-6-7-9-13-34/h10-11,14,17,34-35H,5-9,12-13,15-16H2,1-4H3. The van der Waals surface area contributed by atoms with Crippen molar-refractivity contribution in [3.05, 3.63) is 45.6 Å². The zero-order valence-corrected chi connectivity index (χ0v) is 22.4. The van der Waals surface area contributed by atoms with Crippen LogP contribution in [0.2, 0.25) is 0 Å². The fourth-order valence-electron chi connectivity index (χ4n) is 5.18. The largest absolute Gasteiger partial charge is 0.507 e. The molecule has 1 atom stereocenters. The van der Waals surface area contributed by atoms with Crippen LogP contribution in [0.4, 0.5) is 10.2 Å². The van der Waals surface area contributed by atoms with Crippen molar-refractivity contribution >= 4 is 22.6 Å². The second-order valence-electron chi connectivity index (χ2n) is 9.79. The molecule has 1 aromatic carbocycles. The number of rotatable bonds is 11. The second kappa shape index (κ2) is 11.4. The van der Waals surface area contributed by atoms with Gasteiger partial charge in [-0.05, 0) is 32.8 Å². The molecule has 3 heterocycles. The number of phenolic OH excluding ortho intramolecular Hbond substituents is 1. The van der Waals surface area contributed by atoms with E-state index in [1.165, 1.54) is 23.9 Å². The predicted octanol–water partition coefficient (Wildman–Crippen LogP) is 3.13. The molecule has 2 aromatic heterocycles. The average Bonchev–Trinajstić information content (AvgIpc) is 3.25. The smallest absolute Gasteiger partial charge is 0.280 e. The van der Waals surface area contributed by atoms with Crippen LogP contribution in [0.5, 0.6) is 11.5 Å². The normalized spacial score (nSPS) is 15.3. The summed E-state index contributed by atoms with van der Waals surface area (Å²) in [6.07, 6.45) is 3.42. The Labute approximate surface area is 220 Å². The molecular weight excluding hydrogens is 493 g/mol. The number of aromatic nitrogens is 3. The molecule has 11 heteroatoms. The van der Waals surface area contributed by atoms with Crippen LogP contribution >= 0.6 is 0 Å². The minimum atomic E-state index is -0.585. The molecule has 38 heavy (non-hydrogen) atoms. The third-order valence-electron chi connectivity index (χ3n) is 7.17. The number of aromatic hydroxyl groups is 1. The summed E-state index contributed by atoms with van der Waals surface area (Å²) in [5, 5.41) is 24.3. The van der Waals surface area contributed by atoms with E-state index in [0.717, 1.165) is 31.7 Å². The number of phenols is 1. The highest BCUT2D eigenvalue weighted by molar-refractivity contribution is 6.07. The van der Waals surface area contributed by atoms with Gasteiger partial charge in [0.25, 0.3) is 11.5 Å². The quantitative estimate of drug-likeness (QED) is 0.367. The molecule has 206 valence electrons. The fraction of sp³-hybridized carbons (Fsp3) is 0.519. The molecule has 0 radical (unpaired) electrons. The van der Waals surface area contributed by atoms with Crippen molar-refractivity contribution in [3.63, 3.8) is 0 Å². The van der Waals surface area contributed by atoms with Gasteiger partial charge in [-0.3, -0.25) is 9.59 Å². The summed E-state index contributed by atoms with van der Waals surface area (Å²) >= 11 is 0. The lowest BCUT2D eigenvalue weighted by atomic mass is 10.2. The number of likely N-dealkylation sites (N-methyl/N-ethyl adjacent to an activating group) is 1. The highest BCUT2D eigenvalue weighted by Crippen LogP contribution is 2.40. The van der Waals surface area contributed by atoms with Gasteiger partial charge in [-0.15, -0.1) is 5.10 Å². The number of amides is 1. The lowest BCUT2D eigenvalue weighted by Crippen LogP contribution is -2.42. The molecule has 1 aliphatic heterocycles. The second-order valence-corrected chi connectivity index (χ2v) is 9.79. The van der Waals surface area contributed by atoms with Crippen molar-refractivity contribution in [1.29, 1.82) is 0 Å². The molecule has 1 aliphatic rings. The van der Waals surface area contributed by atoms with Crippen LogP contribution in [0.3, 0.4) is 0 Å². The number of fused-ring (bicyclic) bond motifs is 3. The minimum absolute atomic E-state index is 0.0908. The number of carbonyl (C=O) groups excluding carboxylic acids is 1. The third kappa shape index (κ3) is 4.94. The molecule has 0 bridgehead atoms. The number of aliphatic hydroxyl groups is 1.